The number of benzene rings is 2. The summed E-state index contributed by atoms with van der Waals surface area (Å²) in [5, 5.41) is 8.94. The molecule has 2 aromatic heterocycles. The molecular formula is C20H15N5NaO3S. The molecule has 8 nitrogen and oxygen atoms in total. The van der Waals surface area contributed by atoms with Crippen molar-refractivity contribution in [2.24, 2.45) is 10.2 Å². The van der Waals surface area contributed by atoms with Gasteiger partial charge in [-0.1, -0.05) is 24.3 Å². The SMILES string of the molecule is Nc1c(N=Nc2ccc(-c3cccnc3)nc2)cc(S(=O)(=O)O)c2ccccc12.[Na]. The van der Waals surface area contributed by atoms with Gasteiger partial charge < -0.3 is 5.73 Å². The summed E-state index contributed by atoms with van der Waals surface area (Å²) in [7, 11) is -4.46. The summed E-state index contributed by atoms with van der Waals surface area (Å²) in [6, 6.07) is 15.0. The van der Waals surface area contributed by atoms with E-state index in [1.807, 2.05) is 12.1 Å². The number of fused-ring (bicyclic) bond motifs is 1. The van der Waals surface area contributed by atoms with Gasteiger partial charge in [-0.3, -0.25) is 14.5 Å². The van der Waals surface area contributed by atoms with E-state index in [1.54, 1.807) is 48.8 Å². The molecule has 0 saturated carbocycles. The molecule has 145 valence electrons. The molecule has 0 atom stereocenters. The van der Waals surface area contributed by atoms with Crippen LogP contribution in [0.3, 0.4) is 0 Å². The fourth-order valence-electron chi connectivity index (χ4n) is 2.89. The number of nitrogens with zero attached hydrogens (tertiary/aromatic N) is 4. The fraction of sp³-hybridized carbons (Fsp3) is 0. The molecule has 0 aliphatic rings. The van der Waals surface area contributed by atoms with Crippen molar-refractivity contribution in [3.63, 3.8) is 0 Å². The zero-order valence-corrected chi connectivity index (χ0v) is 18.8. The van der Waals surface area contributed by atoms with Gasteiger partial charge in [-0.15, -0.1) is 10.2 Å². The van der Waals surface area contributed by atoms with E-state index in [-0.39, 0.29) is 45.8 Å². The van der Waals surface area contributed by atoms with E-state index in [9.17, 15) is 13.0 Å². The van der Waals surface area contributed by atoms with Crippen molar-refractivity contribution in [1.82, 2.24) is 9.97 Å². The van der Waals surface area contributed by atoms with Crippen LogP contribution in [0.25, 0.3) is 22.0 Å². The molecule has 10 heteroatoms. The van der Waals surface area contributed by atoms with Crippen LogP contribution in [0, 0.1) is 0 Å². The Bertz CT molecular complexity index is 1330. The van der Waals surface area contributed by atoms with E-state index in [4.69, 9.17) is 5.73 Å². The average molecular weight is 428 g/mol. The van der Waals surface area contributed by atoms with Crippen LogP contribution >= 0.6 is 0 Å². The standard InChI is InChI=1S/C20H15N5O3S.Na/c21-20-16-6-2-1-5-15(16)19(29(26,27)28)10-18(20)25-24-14-7-8-17(23-12-14)13-4-3-9-22-11-13;/h1-12H,21H2,(H,26,27,28);. The summed E-state index contributed by atoms with van der Waals surface area (Å²) < 4.78 is 33.1. The van der Waals surface area contributed by atoms with Gasteiger partial charge in [-0.2, -0.15) is 8.42 Å². The molecule has 1 radical (unpaired) electrons. The first-order chi connectivity index (χ1) is 13.9. The number of pyridine rings is 2. The normalized spacial score (nSPS) is 11.5. The minimum atomic E-state index is -4.46. The van der Waals surface area contributed by atoms with E-state index in [1.165, 1.54) is 12.3 Å². The zero-order chi connectivity index (χ0) is 20.4. The molecule has 0 saturated heterocycles. The Hall–Kier alpha value is -2.69. The van der Waals surface area contributed by atoms with Crippen molar-refractivity contribution in [3.05, 3.63) is 73.2 Å². The number of hydrogen-bond donors (Lipinski definition) is 2. The number of aromatic nitrogens is 2. The van der Waals surface area contributed by atoms with Gasteiger partial charge in [0.05, 0.1) is 17.6 Å². The maximum absolute atomic E-state index is 11.8. The molecule has 3 N–H and O–H groups in total. The van der Waals surface area contributed by atoms with Crippen molar-refractivity contribution in [1.29, 1.82) is 0 Å². The van der Waals surface area contributed by atoms with Crippen molar-refractivity contribution in [2.75, 3.05) is 5.73 Å². The number of nitrogen functional groups attached to an aromatic ring is 1. The van der Waals surface area contributed by atoms with E-state index >= 15 is 0 Å². The Balaban J connectivity index is 0.00000256. The summed E-state index contributed by atoms with van der Waals surface area (Å²) in [4.78, 5) is 8.11. The molecule has 0 spiro atoms. The van der Waals surface area contributed by atoms with Crippen LogP contribution < -0.4 is 5.73 Å². The van der Waals surface area contributed by atoms with E-state index < -0.39 is 10.1 Å². The summed E-state index contributed by atoms with van der Waals surface area (Å²) in [5.41, 5.74) is 8.59. The van der Waals surface area contributed by atoms with Crippen molar-refractivity contribution < 1.29 is 13.0 Å². The van der Waals surface area contributed by atoms with Gasteiger partial charge >= 0.3 is 0 Å². The Kier molecular flexibility index (Phi) is 6.59. The molecule has 2 aromatic carbocycles. The number of anilines is 1. The molecule has 0 unspecified atom stereocenters. The molecule has 4 aromatic rings. The first-order valence-corrected chi connectivity index (χ1v) is 9.94. The second-order valence-corrected chi connectivity index (χ2v) is 7.56. The van der Waals surface area contributed by atoms with Gasteiger partial charge in [0.25, 0.3) is 10.1 Å². The summed E-state index contributed by atoms with van der Waals surface area (Å²) in [6.07, 6.45) is 4.92. The average Bonchev–Trinajstić information content (AvgIpc) is 2.73. The van der Waals surface area contributed by atoms with Crippen LogP contribution in [-0.2, 0) is 10.1 Å². The number of rotatable bonds is 4. The largest absolute Gasteiger partial charge is 0.396 e. The topological polar surface area (TPSA) is 131 Å². The number of azo groups is 1. The van der Waals surface area contributed by atoms with Gasteiger partial charge in [-0.05, 0) is 30.3 Å². The Morgan fingerprint density at radius 1 is 0.933 bits per heavy atom. The molecule has 30 heavy (non-hydrogen) atoms. The minimum Gasteiger partial charge on any atom is -0.396 e. The maximum Gasteiger partial charge on any atom is 0.295 e. The third-order valence-corrected chi connectivity index (χ3v) is 5.18. The van der Waals surface area contributed by atoms with Crippen molar-refractivity contribution in [2.45, 2.75) is 4.90 Å². The Labute approximate surface area is 194 Å². The molecule has 0 aliphatic heterocycles. The monoisotopic (exact) mass is 428 g/mol. The molecule has 4 rings (SSSR count). The zero-order valence-electron chi connectivity index (χ0n) is 16.0. The van der Waals surface area contributed by atoms with Gasteiger partial charge in [0.1, 0.15) is 16.3 Å². The quantitative estimate of drug-likeness (QED) is 0.217. The van der Waals surface area contributed by atoms with Crippen LogP contribution in [0.15, 0.2) is 88.3 Å². The van der Waals surface area contributed by atoms with Gasteiger partial charge in [0.15, 0.2) is 0 Å². The summed E-state index contributed by atoms with van der Waals surface area (Å²) >= 11 is 0. The summed E-state index contributed by atoms with van der Waals surface area (Å²) in [5.74, 6) is 0. The van der Waals surface area contributed by atoms with Crippen LogP contribution in [0.2, 0.25) is 0 Å². The Morgan fingerprint density at radius 3 is 2.33 bits per heavy atom. The smallest absolute Gasteiger partial charge is 0.295 e. The van der Waals surface area contributed by atoms with Crippen molar-refractivity contribution in [3.8, 4) is 11.3 Å². The number of nitrogens with two attached hydrogens (primary N) is 1. The van der Waals surface area contributed by atoms with E-state index in [2.05, 4.69) is 20.2 Å². The first kappa shape index (κ1) is 22.0. The molecule has 0 bridgehead atoms. The fourth-order valence-corrected chi connectivity index (χ4v) is 3.60. The maximum atomic E-state index is 11.8. The molecular weight excluding hydrogens is 413 g/mol. The summed E-state index contributed by atoms with van der Waals surface area (Å²) in [6.45, 7) is 0. The molecule has 0 fully saturated rings. The van der Waals surface area contributed by atoms with Gasteiger partial charge in [0, 0.05) is 58.3 Å². The second kappa shape index (κ2) is 8.99. The molecule has 0 amide bonds. The molecule has 0 aliphatic carbocycles. The van der Waals surface area contributed by atoms with Crippen LogP contribution in [0.5, 0.6) is 0 Å². The van der Waals surface area contributed by atoms with E-state index in [0.717, 1.165) is 11.3 Å². The Morgan fingerprint density at radius 2 is 1.70 bits per heavy atom. The van der Waals surface area contributed by atoms with Gasteiger partial charge in [0.2, 0.25) is 0 Å². The van der Waals surface area contributed by atoms with Crippen LogP contribution in [0.4, 0.5) is 17.1 Å². The van der Waals surface area contributed by atoms with E-state index in [0.29, 0.717) is 16.5 Å². The first-order valence-electron chi connectivity index (χ1n) is 8.50. The predicted octanol–water partition coefficient (Wildman–Crippen LogP) is 4.16. The third kappa shape index (κ3) is 4.55. The second-order valence-electron chi connectivity index (χ2n) is 6.17. The number of hydrogen-bond acceptors (Lipinski definition) is 7. The minimum absolute atomic E-state index is 0. The predicted molar refractivity (Wildman–Crippen MR) is 116 cm³/mol. The van der Waals surface area contributed by atoms with Gasteiger partial charge in [-0.25, -0.2) is 0 Å². The van der Waals surface area contributed by atoms with Crippen LogP contribution in [0.1, 0.15) is 0 Å². The van der Waals surface area contributed by atoms with Crippen molar-refractivity contribution >= 4 is 67.5 Å². The third-order valence-electron chi connectivity index (χ3n) is 4.28. The molecule has 2 heterocycles. The van der Waals surface area contributed by atoms with Crippen LogP contribution in [-0.4, -0.2) is 52.5 Å².